The Labute approximate surface area is 147 Å². The van der Waals surface area contributed by atoms with Crippen LogP contribution in [0.15, 0.2) is 68.8 Å². The third-order valence-corrected chi connectivity index (χ3v) is 4.17. The third-order valence-electron chi connectivity index (χ3n) is 4.17. The van der Waals surface area contributed by atoms with Gasteiger partial charge in [-0.15, -0.1) is 6.58 Å². The fourth-order valence-corrected chi connectivity index (χ4v) is 2.93. The van der Waals surface area contributed by atoms with Crippen LogP contribution in [-0.2, 0) is 0 Å². The summed E-state index contributed by atoms with van der Waals surface area (Å²) >= 11 is 0. The van der Waals surface area contributed by atoms with Gasteiger partial charge in [-0.2, -0.15) is 0 Å². The standard InChI is InChI=1S/C23H29N/c1-9-13-16-18(6)24-20(8)22(15-11-3)19(7)23(24)21(14-10-2)17(5)12-4/h9-17H,1-2,4,6H2,3,5,7-8H3/b15-11-,16-13-,21-14-. The van der Waals surface area contributed by atoms with Gasteiger partial charge in [0.15, 0.2) is 0 Å². The summed E-state index contributed by atoms with van der Waals surface area (Å²) in [5, 5.41) is 0. The van der Waals surface area contributed by atoms with Crippen molar-refractivity contribution in [2.75, 3.05) is 0 Å². The van der Waals surface area contributed by atoms with Crippen LogP contribution in [0, 0.1) is 19.8 Å². The number of hydrogen-bond acceptors (Lipinski definition) is 0. The third kappa shape index (κ3) is 3.86. The zero-order valence-electron chi connectivity index (χ0n) is 15.5. The normalized spacial score (nSPS) is 13.4. The van der Waals surface area contributed by atoms with Crippen molar-refractivity contribution in [2.45, 2.75) is 27.7 Å². The summed E-state index contributed by atoms with van der Waals surface area (Å²) < 4.78 is 2.21. The van der Waals surface area contributed by atoms with E-state index in [0.717, 1.165) is 11.4 Å². The second-order valence-electron chi connectivity index (χ2n) is 5.78. The van der Waals surface area contributed by atoms with Crippen molar-refractivity contribution in [3.8, 4) is 0 Å². The van der Waals surface area contributed by atoms with Crippen molar-refractivity contribution in [1.82, 2.24) is 4.57 Å². The summed E-state index contributed by atoms with van der Waals surface area (Å²) in [5.41, 5.74) is 6.89. The van der Waals surface area contributed by atoms with Gasteiger partial charge in [-0.3, -0.25) is 0 Å². The molecule has 1 unspecified atom stereocenters. The molecule has 0 bridgehead atoms. The first-order chi connectivity index (χ1) is 11.4. The lowest BCUT2D eigenvalue weighted by atomic mass is 9.94. The van der Waals surface area contributed by atoms with Crippen molar-refractivity contribution >= 4 is 17.3 Å². The number of nitrogens with zero attached hydrogens (tertiary/aromatic N) is 1. The zero-order chi connectivity index (χ0) is 18.3. The molecule has 1 rings (SSSR count). The van der Waals surface area contributed by atoms with Gasteiger partial charge in [0, 0.05) is 17.3 Å². The lowest BCUT2D eigenvalue weighted by molar-refractivity contribution is 0.927. The molecule has 0 radical (unpaired) electrons. The van der Waals surface area contributed by atoms with Crippen molar-refractivity contribution in [1.29, 1.82) is 0 Å². The lowest BCUT2D eigenvalue weighted by Gasteiger charge is -2.18. The minimum absolute atomic E-state index is 0.212. The Kier molecular flexibility index (Phi) is 7.26. The van der Waals surface area contributed by atoms with Crippen LogP contribution in [0.4, 0.5) is 0 Å². The molecule has 1 atom stereocenters. The lowest BCUT2D eigenvalue weighted by Crippen LogP contribution is -2.06. The Morgan fingerprint density at radius 2 is 1.79 bits per heavy atom. The number of aromatic nitrogens is 1. The van der Waals surface area contributed by atoms with E-state index in [1.54, 1.807) is 6.08 Å². The molecule has 1 heterocycles. The van der Waals surface area contributed by atoms with Crippen LogP contribution in [0.1, 0.15) is 36.4 Å². The van der Waals surface area contributed by atoms with Crippen molar-refractivity contribution in [3.05, 3.63) is 91.4 Å². The van der Waals surface area contributed by atoms with E-state index >= 15 is 0 Å². The fourth-order valence-electron chi connectivity index (χ4n) is 2.93. The molecule has 0 spiro atoms. The van der Waals surface area contributed by atoms with Gasteiger partial charge in [-0.1, -0.05) is 69.2 Å². The van der Waals surface area contributed by atoms with Crippen LogP contribution < -0.4 is 0 Å². The molecule has 0 aliphatic carbocycles. The topological polar surface area (TPSA) is 4.93 Å². The molecule has 0 aliphatic rings. The van der Waals surface area contributed by atoms with Gasteiger partial charge in [0.05, 0.1) is 5.69 Å². The number of rotatable bonds is 8. The molecule has 0 amide bonds. The smallest absolute Gasteiger partial charge is 0.0531 e. The average molecular weight is 319 g/mol. The molecule has 1 nitrogen and oxygen atoms in total. The first-order valence-corrected chi connectivity index (χ1v) is 8.23. The number of allylic oxidation sites excluding steroid dienone is 9. The highest BCUT2D eigenvalue weighted by atomic mass is 15.0. The highest BCUT2D eigenvalue weighted by molar-refractivity contribution is 5.79. The molecule has 24 heavy (non-hydrogen) atoms. The minimum Gasteiger partial charge on any atom is -0.314 e. The summed E-state index contributed by atoms with van der Waals surface area (Å²) in [7, 11) is 0. The van der Waals surface area contributed by atoms with Crippen LogP contribution in [0.5, 0.6) is 0 Å². The SMILES string of the molecule is C=C/C=C\C(=C)n1c(C)c(/C=C\C)c(C)c1/C(=C\C=C)C(C)C=C. The molecule has 1 aromatic heterocycles. The Bertz CT molecular complexity index is 733. The van der Waals surface area contributed by atoms with E-state index in [9.17, 15) is 0 Å². The van der Waals surface area contributed by atoms with Crippen LogP contribution >= 0.6 is 0 Å². The minimum atomic E-state index is 0.212. The first-order valence-electron chi connectivity index (χ1n) is 8.23. The molecule has 126 valence electrons. The molecule has 0 saturated carbocycles. The van der Waals surface area contributed by atoms with Gasteiger partial charge < -0.3 is 4.57 Å². The highest BCUT2D eigenvalue weighted by Gasteiger charge is 2.21. The second kappa shape index (κ2) is 8.93. The van der Waals surface area contributed by atoms with Gasteiger partial charge in [0.25, 0.3) is 0 Å². The first kappa shape index (κ1) is 19.5. The summed E-state index contributed by atoms with van der Waals surface area (Å²) in [4.78, 5) is 0. The van der Waals surface area contributed by atoms with E-state index < -0.39 is 0 Å². The molecule has 1 heteroatoms. The Balaban J connectivity index is 3.82. The summed E-state index contributed by atoms with van der Waals surface area (Å²) in [6.07, 6.45) is 15.7. The van der Waals surface area contributed by atoms with Gasteiger partial charge >= 0.3 is 0 Å². The molecule has 0 aromatic carbocycles. The quantitative estimate of drug-likeness (QED) is 0.369. The Morgan fingerprint density at radius 3 is 2.29 bits per heavy atom. The van der Waals surface area contributed by atoms with Gasteiger partial charge in [-0.05, 0) is 43.5 Å². The Morgan fingerprint density at radius 1 is 1.12 bits per heavy atom. The maximum Gasteiger partial charge on any atom is 0.0531 e. The maximum absolute atomic E-state index is 4.25. The second-order valence-corrected chi connectivity index (χ2v) is 5.78. The van der Waals surface area contributed by atoms with E-state index in [0.29, 0.717) is 0 Å². The molecule has 0 aliphatic heterocycles. The largest absolute Gasteiger partial charge is 0.314 e. The van der Waals surface area contributed by atoms with Gasteiger partial charge in [0.2, 0.25) is 0 Å². The van der Waals surface area contributed by atoms with Gasteiger partial charge in [0.1, 0.15) is 0 Å². The van der Waals surface area contributed by atoms with Crippen molar-refractivity contribution < 1.29 is 0 Å². The summed E-state index contributed by atoms with van der Waals surface area (Å²) in [6, 6.07) is 0. The molecule has 1 aromatic rings. The molecule has 0 N–H and O–H groups in total. The monoisotopic (exact) mass is 319 g/mol. The Hall–Kier alpha value is -2.54. The fraction of sp³-hybridized carbons (Fsp3) is 0.217. The van der Waals surface area contributed by atoms with E-state index in [-0.39, 0.29) is 5.92 Å². The molecular formula is C23H29N. The van der Waals surface area contributed by atoms with E-state index in [2.05, 4.69) is 69.9 Å². The van der Waals surface area contributed by atoms with Crippen LogP contribution in [0.2, 0.25) is 0 Å². The van der Waals surface area contributed by atoms with Gasteiger partial charge in [-0.25, -0.2) is 0 Å². The van der Waals surface area contributed by atoms with E-state index in [1.807, 2.05) is 31.2 Å². The summed E-state index contributed by atoms with van der Waals surface area (Å²) in [6.45, 7) is 24.3. The molecule has 0 fully saturated rings. The van der Waals surface area contributed by atoms with Crippen LogP contribution in [0.25, 0.3) is 17.3 Å². The van der Waals surface area contributed by atoms with Crippen LogP contribution in [0.3, 0.4) is 0 Å². The molecule has 0 saturated heterocycles. The zero-order valence-corrected chi connectivity index (χ0v) is 15.5. The summed E-state index contributed by atoms with van der Waals surface area (Å²) in [5.74, 6) is 0.212. The average Bonchev–Trinajstić information content (AvgIpc) is 2.81. The molecular weight excluding hydrogens is 290 g/mol. The predicted octanol–water partition coefficient (Wildman–Crippen LogP) is 6.74. The highest BCUT2D eigenvalue weighted by Crippen LogP contribution is 2.35. The van der Waals surface area contributed by atoms with Crippen molar-refractivity contribution in [3.63, 3.8) is 0 Å². The van der Waals surface area contributed by atoms with Crippen LogP contribution in [-0.4, -0.2) is 4.57 Å². The van der Waals surface area contributed by atoms with E-state index in [4.69, 9.17) is 0 Å². The van der Waals surface area contributed by atoms with Crippen molar-refractivity contribution in [2.24, 2.45) is 5.92 Å². The predicted molar refractivity (Wildman–Crippen MR) is 111 cm³/mol. The van der Waals surface area contributed by atoms with E-state index in [1.165, 1.54) is 22.4 Å². The number of hydrogen-bond donors (Lipinski definition) is 0. The maximum atomic E-state index is 4.25.